The molecule has 23 heavy (non-hydrogen) atoms. The predicted octanol–water partition coefficient (Wildman–Crippen LogP) is 2.83. The van der Waals surface area contributed by atoms with Crippen molar-refractivity contribution in [2.24, 2.45) is 5.92 Å². The van der Waals surface area contributed by atoms with Crippen LogP contribution in [0.15, 0.2) is 12.1 Å². The third-order valence-corrected chi connectivity index (χ3v) is 3.60. The average Bonchev–Trinajstić information content (AvgIpc) is 2.51. The Bertz CT molecular complexity index is 495. The molecule has 1 aromatic rings. The number of carbonyl (C=O) groups is 1. The van der Waals surface area contributed by atoms with Gasteiger partial charge in [0.25, 0.3) is 0 Å². The maximum absolute atomic E-state index is 13.8. The van der Waals surface area contributed by atoms with Crippen molar-refractivity contribution in [2.45, 2.75) is 39.3 Å². The summed E-state index contributed by atoms with van der Waals surface area (Å²) in [6, 6.07) is 2.63. The van der Waals surface area contributed by atoms with Crippen LogP contribution in [0.3, 0.4) is 0 Å². The van der Waals surface area contributed by atoms with E-state index in [0.717, 1.165) is 0 Å². The molecule has 0 spiro atoms. The Morgan fingerprint density at radius 3 is 2.61 bits per heavy atom. The Kier molecular flexibility index (Phi) is 8.73. The molecule has 0 aliphatic rings. The van der Waals surface area contributed by atoms with E-state index in [4.69, 9.17) is 9.47 Å². The van der Waals surface area contributed by atoms with Gasteiger partial charge in [-0.05, 0) is 30.4 Å². The number of nitrogens with one attached hydrogen (secondary N) is 1. The summed E-state index contributed by atoms with van der Waals surface area (Å²) in [5.41, 5.74) is 0.818. The number of methoxy groups -OCH3 is 1. The highest BCUT2D eigenvalue weighted by atomic mass is 19.2. The molecule has 1 aromatic carbocycles. The number of hydrogen-bond acceptors (Lipinski definition) is 3. The Labute approximate surface area is 136 Å². The standard InChI is InChI=1S/C17H25F2NO3/c1-12(2)16(20-11-21)9-13-7-14(17(19)15(18)8-13)10-23-6-4-5-22-3/h7-8,11-12,16H,4-6,9-10H2,1-3H3,(H,20,21). The van der Waals surface area contributed by atoms with E-state index in [1.54, 1.807) is 13.2 Å². The van der Waals surface area contributed by atoms with Crippen molar-refractivity contribution in [2.75, 3.05) is 20.3 Å². The van der Waals surface area contributed by atoms with E-state index >= 15 is 0 Å². The van der Waals surface area contributed by atoms with Gasteiger partial charge in [0.2, 0.25) is 6.41 Å². The van der Waals surface area contributed by atoms with Crippen LogP contribution in [0.4, 0.5) is 8.78 Å². The van der Waals surface area contributed by atoms with Crippen LogP contribution >= 0.6 is 0 Å². The summed E-state index contributed by atoms with van der Waals surface area (Å²) >= 11 is 0. The zero-order valence-electron chi connectivity index (χ0n) is 13.9. The predicted molar refractivity (Wildman–Crippen MR) is 84.0 cm³/mol. The fourth-order valence-corrected chi connectivity index (χ4v) is 2.25. The highest BCUT2D eigenvalue weighted by molar-refractivity contribution is 5.47. The van der Waals surface area contributed by atoms with Gasteiger partial charge in [-0.3, -0.25) is 4.79 Å². The second-order valence-corrected chi connectivity index (χ2v) is 5.79. The first-order valence-electron chi connectivity index (χ1n) is 7.72. The van der Waals surface area contributed by atoms with Gasteiger partial charge in [0, 0.05) is 31.9 Å². The Balaban J connectivity index is 2.75. The Hall–Kier alpha value is -1.53. The van der Waals surface area contributed by atoms with Crippen molar-refractivity contribution in [1.82, 2.24) is 5.32 Å². The lowest BCUT2D eigenvalue weighted by atomic mass is 9.95. The number of carbonyl (C=O) groups excluding carboxylic acids is 1. The van der Waals surface area contributed by atoms with Gasteiger partial charge in [-0.15, -0.1) is 0 Å². The molecule has 1 amide bonds. The topological polar surface area (TPSA) is 47.6 Å². The molecule has 0 radical (unpaired) electrons. The van der Waals surface area contributed by atoms with Crippen LogP contribution in [-0.4, -0.2) is 32.8 Å². The van der Waals surface area contributed by atoms with E-state index in [1.807, 2.05) is 13.8 Å². The quantitative estimate of drug-likeness (QED) is 0.502. The summed E-state index contributed by atoms with van der Waals surface area (Å²) in [6.45, 7) is 4.90. The normalized spacial score (nSPS) is 12.4. The first-order chi connectivity index (χ1) is 11.0. The Morgan fingerprint density at radius 2 is 2.00 bits per heavy atom. The lowest BCUT2D eigenvalue weighted by molar-refractivity contribution is -0.110. The van der Waals surface area contributed by atoms with E-state index < -0.39 is 11.6 Å². The highest BCUT2D eigenvalue weighted by Crippen LogP contribution is 2.19. The fourth-order valence-electron chi connectivity index (χ4n) is 2.25. The maximum Gasteiger partial charge on any atom is 0.207 e. The van der Waals surface area contributed by atoms with Crippen LogP contribution in [0.5, 0.6) is 0 Å². The first kappa shape index (κ1) is 19.5. The molecule has 0 aliphatic carbocycles. The van der Waals surface area contributed by atoms with Gasteiger partial charge in [-0.1, -0.05) is 19.9 Å². The fraction of sp³-hybridized carbons (Fsp3) is 0.588. The summed E-state index contributed by atoms with van der Waals surface area (Å²) in [6.07, 6.45) is 1.76. The Morgan fingerprint density at radius 1 is 1.26 bits per heavy atom. The summed E-state index contributed by atoms with van der Waals surface area (Å²) in [5, 5.41) is 2.71. The van der Waals surface area contributed by atoms with Crippen LogP contribution in [0.1, 0.15) is 31.4 Å². The zero-order valence-corrected chi connectivity index (χ0v) is 13.9. The van der Waals surface area contributed by atoms with Crippen LogP contribution in [-0.2, 0) is 27.3 Å². The third kappa shape index (κ3) is 6.62. The van der Waals surface area contributed by atoms with Crippen LogP contribution < -0.4 is 5.32 Å². The van der Waals surface area contributed by atoms with Gasteiger partial charge in [-0.25, -0.2) is 8.78 Å². The van der Waals surface area contributed by atoms with Gasteiger partial charge in [-0.2, -0.15) is 0 Å². The van der Waals surface area contributed by atoms with Gasteiger partial charge in [0.05, 0.1) is 6.61 Å². The second kappa shape index (κ2) is 10.3. The summed E-state index contributed by atoms with van der Waals surface area (Å²) in [4.78, 5) is 10.7. The molecule has 0 aromatic heterocycles. The van der Waals surface area contributed by atoms with Gasteiger partial charge in [0.1, 0.15) is 0 Å². The van der Waals surface area contributed by atoms with Crippen LogP contribution in [0.2, 0.25) is 0 Å². The lowest BCUT2D eigenvalue weighted by Crippen LogP contribution is -2.34. The summed E-state index contributed by atoms with van der Waals surface area (Å²) in [7, 11) is 1.59. The van der Waals surface area contributed by atoms with Crippen molar-refractivity contribution < 1.29 is 23.0 Å². The monoisotopic (exact) mass is 329 g/mol. The molecule has 130 valence electrons. The minimum absolute atomic E-state index is 0.00770. The molecule has 1 rings (SSSR count). The molecule has 4 nitrogen and oxygen atoms in total. The number of amides is 1. The molecule has 6 heteroatoms. The maximum atomic E-state index is 13.8. The minimum Gasteiger partial charge on any atom is -0.385 e. The van der Waals surface area contributed by atoms with Crippen molar-refractivity contribution in [3.8, 4) is 0 Å². The van der Waals surface area contributed by atoms with E-state index in [0.29, 0.717) is 38.0 Å². The molecule has 0 saturated carbocycles. The number of benzene rings is 1. The number of hydrogen-bond donors (Lipinski definition) is 1. The molecular weight excluding hydrogens is 304 g/mol. The highest BCUT2D eigenvalue weighted by Gasteiger charge is 2.16. The van der Waals surface area contributed by atoms with Gasteiger partial charge < -0.3 is 14.8 Å². The average molecular weight is 329 g/mol. The molecule has 0 heterocycles. The molecule has 0 bridgehead atoms. The molecule has 0 aliphatic heterocycles. The number of ether oxygens (including phenoxy) is 2. The molecule has 1 unspecified atom stereocenters. The first-order valence-corrected chi connectivity index (χ1v) is 7.72. The molecule has 1 atom stereocenters. The molecule has 0 fully saturated rings. The van der Waals surface area contributed by atoms with Gasteiger partial charge in [0.15, 0.2) is 11.6 Å². The minimum atomic E-state index is -0.897. The van der Waals surface area contributed by atoms with Crippen molar-refractivity contribution in [1.29, 1.82) is 0 Å². The van der Waals surface area contributed by atoms with E-state index in [9.17, 15) is 13.6 Å². The van der Waals surface area contributed by atoms with Crippen LogP contribution in [0, 0.1) is 17.6 Å². The van der Waals surface area contributed by atoms with Crippen molar-refractivity contribution >= 4 is 6.41 Å². The number of halogens is 2. The molecule has 1 N–H and O–H groups in total. The number of rotatable bonds is 11. The largest absolute Gasteiger partial charge is 0.385 e. The molecule has 0 saturated heterocycles. The molecular formula is C17H25F2NO3. The smallest absolute Gasteiger partial charge is 0.207 e. The van der Waals surface area contributed by atoms with Crippen molar-refractivity contribution in [3.63, 3.8) is 0 Å². The van der Waals surface area contributed by atoms with E-state index in [-0.39, 0.29) is 24.1 Å². The van der Waals surface area contributed by atoms with Crippen molar-refractivity contribution in [3.05, 3.63) is 34.9 Å². The summed E-state index contributed by atoms with van der Waals surface area (Å²) < 4.78 is 37.9. The lowest BCUT2D eigenvalue weighted by Gasteiger charge is -2.20. The zero-order chi connectivity index (χ0) is 17.2. The van der Waals surface area contributed by atoms with Gasteiger partial charge >= 0.3 is 0 Å². The van der Waals surface area contributed by atoms with Crippen LogP contribution in [0.25, 0.3) is 0 Å². The van der Waals surface area contributed by atoms with E-state index in [1.165, 1.54) is 6.07 Å². The third-order valence-electron chi connectivity index (χ3n) is 3.60. The second-order valence-electron chi connectivity index (χ2n) is 5.79. The SMILES string of the molecule is COCCCOCc1cc(CC(NC=O)C(C)C)cc(F)c1F. The van der Waals surface area contributed by atoms with E-state index in [2.05, 4.69) is 5.32 Å². The summed E-state index contributed by atoms with van der Waals surface area (Å²) in [5.74, 6) is -1.60.